The molecule has 24 heavy (non-hydrogen) atoms. The van der Waals surface area contributed by atoms with Gasteiger partial charge in [0.25, 0.3) is 0 Å². The van der Waals surface area contributed by atoms with Crippen LogP contribution in [0.5, 0.6) is 0 Å². The van der Waals surface area contributed by atoms with Crippen LogP contribution >= 0.6 is 0 Å². The minimum atomic E-state index is -3.83. The molecular formula is C18H16N2O3S. The summed E-state index contributed by atoms with van der Waals surface area (Å²) in [5.74, 6) is 0. The number of hydrogen-bond acceptors (Lipinski definition) is 4. The Hall–Kier alpha value is -2.99. The smallest absolute Gasteiger partial charge is 0.211 e. The molecule has 5 nitrogen and oxygen atoms in total. The van der Waals surface area contributed by atoms with Crippen LogP contribution in [0.25, 0.3) is 11.1 Å². The van der Waals surface area contributed by atoms with Gasteiger partial charge in [0.1, 0.15) is 0 Å². The maximum absolute atomic E-state index is 12.7. The zero-order valence-electron chi connectivity index (χ0n) is 12.8. The molecule has 0 radical (unpaired) electrons. The molecule has 1 aromatic heterocycles. The lowest BCUT2D eigenvalue weighted by Crippen LogP contribution is -2.08. The van der Waals surface area contributed by atoms with E-state index in [1.165, 1.54) is 24.3 Å². The molecule has 0 saturated carbocycles. The molecule has 122 valence electrons. The fourth-order valence-corrected chi connectivity index (χ4v) is 3.57. The van der Waals surface area contributed by atoms with Gasteiger partial charge < -0.3 is 5.32 Å². The topological polar surface area (TPSA) is 76.1 Å². The highest BCUT2D eigenvalue weighted by Gasteiger charge is 2.22. The van der Waals surface area contributed by atoms with E-state index in [-0.39, 0.29) is 15.5 Å². The molecule has 0 aliphatic rings. The molecular weight excluding hydrogens is 324 g/mol. The number of pyridine rings is 1. The maximum Gasteiger partial charge on any atom is 0.211 e. The molecule has 0 saturated heterocycles. The highest BCUT2D eigenvalue weighted by molar-refractivity contribution is 7.95. The maximum atomic E-state index is 12.7. The largest absolute Gasteiger partial charge is 0.328 e. The first-order valence-electron chi connectivity index (χ1n) is 6.99. The van der Waals surface area contributed by atoms with Gasteiger partial charge in [-0.3, -0.25) is 9.78 Å². The third kappa shape index (κ3) is 3.49. The molecule has 1 aromatic carbocycles. The second kappa shape index (κ2) is 7.52. The first-order chi connectivity index (χ1) is 11.5. The van der Waals surface area contributed by atoms with Crippen LogP contribution in [-0.4, -0.2) is 19.8 Å². The molecule has 0 fully saturated rings. The SMILES string of the molecule is C=C/C=C(\C=C)S(=O)(=O)c1ccc(-c2cccnc2)cc1NC=O. The number of benzene rings is 1. The molecule has 0 unspecified atom stereocenters. The van der Waals surface area contributed by atoms with E-state index in [1.807, 2.05) is 6.07 Å². The molecule has 1 amide bonds. The van der Waals surface area contributed by atoms with E-state index in [0.29, 0.717) is 6.41 Å². The standard InChI is InChI=1S/C18H16N2O3S/c1-3-6-16(4-2)24(22,23)18-9-8-14(11-17(18)20-13-21)15-7-5-10-19-12-15/h3-13H,1-2H2,(H,20,21)/b16-6+. The Labute approximate surface area is 141 Å². The van der Waals surface area contributed by atoms with Crippen molar-refractivity contribution in [3.8, 4) is 11.1 Å². The van der Waals surface area contributed by atoms with Crippen molar-refractivity contribution < 1.29 is 13.2 Å². The number of rotatable bonds is 7. The van der Waals surface area contributed by atoms with Crippen LogP contribution in [-0.2, 0) is 14.6 Å². The second-order valence-corrected chi connectivity index (χ2v) is 6.65. The fourth-order valence-electron chi connectivity index (χ4n) is 2.16. The summed E-state index contributed by atoms with van der Waals surface area (Å²) in [6.45, 7) is 7.02. The monoisotopic (exact) mass is 340 g/mol. The number of carbonyl (C=O) groups is 1. The Kier molecular flexibility index (Phi) is 5.44. The Morgan fingerprint density at radius 2 is 1.96 bits per heavy atom. The van der Waals surface area contributed by atoms with Gasteiger partial charge in [0.05, 0.1) is 15.5 Å². The molecule has 1 heterocycles. The van der Waals surface area contributed by atoms with Crippen molar-refractivity contribution in [2.75, 3.05) is 5.32 Å². The molecule has 2 aromatic rings. The number of amides is 1. The van der Waals surface area contributed by atoms with E-state index >= 15 is 0 Å². The third-order valence-electron chi connectivity index (χ3n) is 3.27. The zero-order chi connectivity index (χ0) is 17.6. The van der Waals surface area contributed by atoms with Gasteiger partial charge in [-0.1, -0.05) is 37.4 Å². The summed E-state index contributed by atoms with van der Waals surface area (Å²) < 4.78 is 25.5. The number of sulfone groups is 1. The highest BCUT2D eigenvalue weighted by atomic mass is 32.2. The summed E-state index contributed by atoms with van der Waals surface area (Å²) in [5.41, 5.74) is 1.73. The number of anilines is 1. The average molecular weight is 340 g/mol. The van der Waals surface area contributed by atoms with Crippen LogP contribution in [0.3, 0.4) is 0 Å². The zero-order valence-corrected chi connectivity index (χ0v) is 13.7. The molecule has 0 aliphatic carbocycles. The number of carbonyl (C=O) groups excluding carboxylic acids is 1. The molecule has 0 bridgehead atoms. The van der Waals surface area contributed by atoms with Crippen molar-refractivity contribution in [3.05, 3.63) is 79.0 Å². The van der Waals surface area contributed by atoms with Crippen molar-refractivity contribution in [2.24, 2.45) is 0 Å². The van der Waals surface area contributed by atoms with Crippen molar-refractivity contribution >= 4 is 21.9 Å². The predicted octanol–water partition coefficient (Wildman–Crippen LogP) is 3.35. The lowest BCUT2D eigenvalue weighted by molar-refractivity contribution is -0.105. The normalized spacial score (nSPS) is 11.6. The molecule has 6 heteroatoms. The second-order valence-electron chi connectivity index (χ2n) is 4.73. The minimum Gasteiger partial charge on any atom is -0.328 e. The average Bonchev–Trinajstić information content (AvgIpc) is 2.60. The van der Waals surface area contributed by atoms with Crippen LogP contribution < -0.4 is 5.32 Å². The number of nitrogens with zero attached hydrogens (tertiary/aromatic N) is 1. The van der Waals surface area contributed by atoms with Gasteiger partial charge in [-0.15, -0.1) is 0 Å². The van der Waals surface area contributed by atoms with Crippen molar-refractivity contribution in [1.82, 2.24) is 4.98 Å². The predicted molar refractivity (Wildman–Crippen MR) is 95.0 cm³/mol. The lowest BCUT2D eigenvalue weighted by Gasteiger charge is -2.12. The van der Waals surface area contributed by atoms with Gasteiger partial charge in [0.15, 0.2) is 0 Å². The summed E-state index contributed by atoms with van der Waals surface area (Å²) in [5, 5.41) is 2.45. The molecule has 0 aliphatic heterocycles. The van der Waals surface area contributed by atoms with Gasteiger partial charge in [-0.2, -0.15) is 0 Å². The third-order valence-corrected chi connectivity index (χ3v) is 5.13. The van der Waals surface area contributed by atoms with E-state index < -0.39 is 9.84 Å². The van der Waals surface area contributed by atoms with Crippen LogP contribution in [0.4, 0.5) is 5.69 Å². The Morgan fingerprint density at radius 1 is 1.17 bits per heavy atom. The summed E-state index contributed by atoms with van der Waals surface area (Å²) in [4.78, 5) is 14.9. The van der Waals surface area contributed by atoms with E-state index in [4.69, 9.17) is 0 Å². The van der Waals surface area contributed by atoms with Crippen molar-refractivity contribution in [1.29, 1.82) is 0 Å². The summed E-state index contributed by atoms with van der Waals surface area (Å²) in [7, 11) is -3.83. The molecule has 0 spiro atoms. The Bertz CT molecular complexity index is 901. The van der Waals surface area contributed by atoms with Crippen molar-refractivity contribution in [3.63, 3.8) is 0 Å². The van der Waals surface area contributed by atoms with Gasteiger partial charge in [-0.25, -0.2) is 8.42 Å². The van der Waals surface area contributed by atoms with Gasteiger partial charge in [0, 0.05) is 18.0 Å². The lowest BCUT2D eigenvalue weighted by atomic mass is 10.1. The van der Waals surface area contributed by atoms with Crippen LogP contribution in [0.15, 0.2) is 83.9 Å². The summed E-state index contributed by atoms with van der Waals surface area (Å²) in [6.07, 6.45) is 7.68. The molecule has 1 N–H and O–H groups in total. The van der Waals surface area contributed by atoms with Gasteiger partial charge in [0.2, 0.25) is 16.2 Å². The molecule has 2 rings (SSSR count). The summed E-state index contributed by atoms with van der Waals surface area (Å²) >= 11 is 0. The Balaban J connectivity index is 2.63. The van der Waals surface area contributed by atoms with E-state index in [0.717, 1.165) is 11.1 Å². The molecule has 0 atom stereocenters. The number of aromatic nitrogens is 1. The quantitative estimate of drug-likeness (QED) is 0.619. The van der Waals surface area contributed by atoms with E-state index in [9.17, 15) is 13.2 Å². The number of hydrogen-bond donors (Lipinski definition) is 1. The Morgan fingerprint density at radius 3 is 2.54 bits per heavy atom. The van der Waals surface area contributed by atoms with Gasteiger partial charge in [-0.05, 0) is 29.8 Å². The van der Waals surface area contributed by atoms with E-state index in [2.05, 4.69) is 23.5 Å². The van der Waals surface area contributed by atoms with Crippen molar-refractivity contribution in [2.45, 2.75) is 4.90 Å². The van der Waals surface area contributed by atoms with Crippen LogP contribution in [0, 0.1) is 0 Å². The van der Waals surface area contributed by atoms with Crippen LogP contribution in [0.1, 0.15) is 0 Å². The van der Waals surface area contributed by atoms with E-state index in [1.54, 1.807) is 30.6 Å². The van der Waals surface area contributed by atoms with Gasteiger partial charge >= 0.3 is 0 Å². The number of nitrogens with one attached hydrogen (secondary N) is 1. The van der Waals surface area contributed by atoms with Crippen LogP contribution in [0.2, 0.25) is 0 Å². The highest BCUT2D eigenvalue weighted by Crippen LogP contribution is 2.31. The number of allylic oxidation sites excluding steroid dienone is 3. The minimum absolute atomic E-state index is 0.000534. The first-order valence-corrected chi connectivity index (χ1v) is 8.47. The first kappa shape index (κ1) is 17.4. The fraction of sp³-hybridized carbons (Fsp3) is 0. The summed E-state index contributed by atoms with van der Waals surface area (Å²) in [6, 6.07) is 8.31.